The highest BCUT2D eigenvalue weighted by Gasteiger charge is 2.11. The quantitative estimate of drug-likeness (QED) is 0.0410. The van der Waals surface area contributed by atoms with E-state index in [2.05, 4.69) is 0 Å². The minimum atomic E-state index is -0.0145. The van der Waals surface area contributed by atoms with Crippen molar-refractivity contribution in [2.75, 3.05) is 46.2 Å². The Morgan fingerprint density at radius 1 is 0.429 bits per heavy atom. The topological polar surface area (TPSA) is 177 Å². The van der Waals surface area contributed by atoms with Crippen molar-refractivity contribution in [2.45, 2.75) is 59.3 Å². The lowest BCUT2D eigenvalue weighted by Crippen LogP contribution is -2.07. The number of nitrogens with one attached hydrogen (secondary N) is 3. The van der Waals surface area contributed by atoms with Gasteiger partial charge in [-0.2, -0.15) is 0 Å². The van der Waals surface area contributed by atoms with Crippen LogP contribution in [0.4, 0.5) is 0 Å². The first-order valence-electron chi connectivity index (χ1n) is 16.7. The summed E-state index contributed by atoms with van der Waals surface area (Å²) in [5.74, 6) is 2.19. The second-order valence-electron chi connectivity index (χ2n) is 10.9. The zero-order valence-corrected chi connectivity index (χ0v) is 28.6. The van der Waals surface area contributed by atoms with E-state index in [0.717, 1.165) is 38.5 Å². The molecular formula is C37H49N3O9. The fourth-order valence-corrected chi connectivity index (χ4v) is 4.67. The van der Waals surface area contributed by atoms with Crippen LogP contribution in [-0.4, -0.2) is 74.2 Å². The Labute approximate surface area is 288 Å². The van der Waals surface area contributed by atoms with E-state index in [4.69, 9.17) is 49.4 Å². The highest BCUT2D eigenvalue weighted by atomic mass is 16.5. The molecule has 0 fully saturated rings. The maximum atomic E-state index is 9.96. The maximum Gasteiger partial charge on any atom is 0.213 e. The van der Waals surface area contributed by atoms with Crippen LogP contribution in [0, 0.1) is 16.2 Å². The Hall–Kier alpha value is -5.13. The molecule has 0 aliphatic rings. The molecule has 5 N–H and O–H groups in total. The molecule has 266 valence electrons. The van der Waals surface area contributed by atoms with Crippen molar-refractivity contribution in [3.63, 3.8) is 0 Å². The fraction of sp³-hybridized carbons (Fsp3) is 0.432. The number of unbranched alkanes of at least 4 members (excludes halogenated alkanes) is 4. The third-order valence-electron chi connectivity index (χ3n) is 6.97. The van der Waals surface area contributed by atoms with Crippen LogP contribution in [-0.2, 0) is 14.2 Å². The third kappa shape index (κ3) is 13.9. The Balaban J connectivity index is 1.40. The molecule has 3 aromatic carbocycles. The highest BCUT2D eigenvalue weighted by molar-refractivity contribution is 5.93. The Bertz CT molecular complexity index is 1410. The SMILES string of the molecule is CCOC(=N)c1cc(O)cc(OCCCCCOc2cc(OCCCCCOc3cc(O)cc(C(=N)OCC)c3)cc(C(=N)OCC)c2)c1. The minimum absolute atomic E-state index is 0.0145. The summed E-state index contributed by atoms with van der Waals surface area (Å²) < 4.78 is 39.4. The molecule has 0 saturated heterocycles. The number of phenols is 2. The molecule has 3 rings (SSSR count). The van der Waals surface area contributed by atoms with Crippen LogP contribution < -0.4 is 18.9 Å². The first-order chi connectivity index (χ1) is 23.7. The molecule has 0 aromatic heterocycles. The molecule has 12 nitrogen and oxygen atoms in total. The van der Waals surface area contributed by atoms with Crippen LogP contribution in [0.25, 0.3) is 0 Å². The van der Waals surface area contributed by atoms with Gasteiger partial charge in [0.1, 0.15) is 34.5 Å². The number of rotatable bonds is 22. The van der Waals surface area contributed by atoms with E-state index < -0.39 is 0 Å². The number of ether oxygens (including phenoxy) is 7. The molecule has 0 amide bonds. The van der Waals surface area contributed by atoms with Gasteiger partial charge in [0.15, 0.2) is 0 Å². The molecule has 0 saturated carbocycles. The van der Waals surface area contributed by atoms with Gasteiger partial charge >= 0.3 is 0 Å². The largest absolute Gasteiger partial charge is 0.508 e. The van der Waals surface area contributed by atoms with Gasteiger partial charge < -0.3 is 43.4 Å². The summed E-state index contributed by atoms with van der Waals surface area (Å²) in [5, 5.41) is 44.0. The van der Waals surface area contributed by atoms with Gasteiger partial charge in [-0.15, -0.1) is 0 Å². The fourth-order valence-electron chi connectivity index (χ4n) is 4.67. The molecule has 0 aliphatic heterocycles. The normalized spacial score (nSPS) is 10.6. The zero-order chi connectivity index (χ0) is 35.4. The molecule has 0 atom stereocenters. The van der Waals surface area contributed by atoms with Gasteiger partial charge in [0.2, 0.25) is 17.7 Å². The van der Waals surface area contributed by atoms with E-state index in [0.29, 0.717) is 85.9 Å². The van der Waals surface area contributed by atoms with Crippen molar-refractivity contribution in [3.05, 3.63) is 71.3 Å². The number of aromatic hydroxyl groups is 2. The van der Waals surface area contributed by atoms with Crippen LogP contribution in [0.3, 0.4) is 0 Å². The van der Waals surface area contributed by atoms with Gasteiger partial charge in [-0.1, -0.05) is 0 Å². The van der Waals surface area contributed by atoms with Crippen molar-refractivity contribution < 1.29 is 43.4 Å². The van der Waals surface area contributed by atoms with Crippen molar-refractivity contribution in [3.8, 4) is 34.5 Å². The maximum absolute atomic E-state index is 9.96. The van der Waals surface area contributed by atoms with Crippen LogP contribution >= 0.6 is 0 Å². The standard InChI is InChI=1S/C37H49N3O9/c1-4-43-35(38)26-17-29(41)23-31(19-26)46-13-9-7-11-15-48-33-21-28(37(40)45-6-3)22-34(25-33)49-16-12-8-10-14-47-32-20-27(18-30(42)24-32)36(39)44-5-2/h17-25,38-42H,4-16H2,1-3H3. The van der Waals surface area contributed by atoms with E-state index >= 15 is 0 Å². The second kappa shape index (κ2) is 21.0. The Kier molecular flexibility index (Phi) is 16.4. The average molecular weight is 680 g/mol. The number of benzene rings is 3. The molecule has 3 aromatic rings. The van der Waals surface area contributed by atoms with E-state index in [1.165, 1.54) is 24.3 Å². The lowest BCUT2D eigenvalue weighted by molar-refractivity contribution is 0.271. The predicted molar refractivity (Wildman–Crippen MR) is 188 cm³/mol. The molecule has 49 heavy (non-hydrogen) atoms. The van der Waals surface area contributed by atoms with Crippen molar-refractivity contribution in [2.24, 2.45) is 0 Å². The molecule has 0 heterocycles. The second-order valence-corrected chi connectivity index (χ2v) is 10.9. The van der Waals surface area contributed by atoms with Gasteiger partial charge in [-0.3, -0.25) is 16.2 Å². The lowest BCUT2D eigenvalue weighted by Gasteiger charge is -2.13. The summed E-state index contributed by atoms with van der Waals surface area (Å²) in [6, 6.07) is 14.7. The van der Waals surface area contributed by atoms with Crippen molar-refractivity contribution in [1.29, 1.82) is 16.2 Å². The van der Waals surface area contributed by atoms with Crippen LogP contribution in [0.1, 0.15) is 76.0 Å². The minimum Gasteiger partial charge on any atom is -0.508 e. The van der Waals surface area contributed by atoms with E-state index in [9.17, 15) is 10.2 Å². The molecule has 0 aliphatic carbocycles. The number of hydrogen-bond donors (Lipinski definition) is 5. The van der Waals surface area contributed by atoms with E-state index in [1.807, 2.05) is 13.0 Å². The number of phenolic OH excluding ortho intramolecular Hbond substituents is 2. The Morgan fingerprint density at radius 3 is 1.02 bits per heavy atom. The van der Waals surface area contributed by atoms with Gasteiger partial charge in [-0.25, -0.2) is 0 Å². The summed E-state index contributed by atoms with van der Waals surface area (Å²) in [6.45, 7) is 8.39. The van der Waals surface area contributed by atoms with Crippen LogP contribution in [0.5, 0.6) is 34.5 Å². The third-order valence-corrected chi connectivity index (χ3v) is 6.97. The summed E-state index contributed by atoms with van der Waals surface area (Å²) in [5.41, 5.74) is 1.49. The summed E-state index contributed by atoms with van der Waals surface area (Å²) >= 11 is 0. The Morgan fingerprint density at radius 2 is 0.714 bits per heavy atom. The summed E-state index contributed by atoms with van der Waals surface area (Å²) in [6.07, 6.45) is 4.83. The van der Waals surface area contributed by atoms with E-state index in [1.54, 1.807) is 38.1 Å². The van der Waals surface area contributed by atoms with E-state index in [-0.39, 0.29) is 29.2 Å². The molecule has 12 heteroatoms. The lowest BCUT2D eigenvalue weighted by atomic mass is 10.2. The first kappa shape index (κ1) is 38.3. The summed E-state index contributed by atoms with van der Waals surface area (Å²) in [4.78, 5) is 0. The van der Waals surface area contributed by atoms with Crippen molar-refractivity contribution in [1.82, 2.24) is 0 Å². The first-order valence-corrected chi connectivity index (χ1v) is 16.7. The zero-order valence-electron chi connectivity index (χ0n) is 28.6. The van der Waals surface area contributed by atoms with Crippen LogP contribution in [0.15, 0.2) is 54.6 Å². The van der Waals surface area contributed by atoms with Gasteiger partial charge in [0.05, 0.1) is 46.2 Å². The van der Waals surface area contributed by atoms with Crippen molar-refractivity contribution >= 4 is 17.7 Å². The average Bonchev–Trinajstić information content (AvgIpc) is 3.07. The number of hydrogen-bond acceptors (Lipinski definition) is 12. The summed E-state index contributed by atoms with van der Waals surface area (Å²) in [7, 11) is 0. The smallest absolute Gasteiger partial charge is 0.213 e. The molecule has 0 spiro atoms. The highest BCUT2D eigenvalue weighted by Crippen LogP contribution is 2.26. The molecule has 0 radical (unpaired) electrons. The van der Waals surface area contributed by atoms with Gasteiger partial charge in [0.25, 0.3) is 0 Å². The molecular weight excluding hydrogens is 630 g/mol. The van der Waals surface area contributed by atoms with Crippen LogP contribution in [0.2, 0.25) is 0 Å². The molecule has 0 bridgehead atoms. The van der Waals surface area contributed by atoms with Gasteiger partial charge in [0, 0.05) is 34.9 Å². The predicted octanol–water partition coefficient (Wildman–Crippen LogP) is 7.44. The van der Waals surface area contributed by atoms with Gasteiger partial charge in [-0.05, 0) is 95.7 Å². The monoisotopic (exact) mass is 679 g/mol. The molecule has 0 unspecified atom stereocenters.